The summed E-state index contributed by atoms with van der Waals surface area (Å²) in [6.45, 7) is 0.0790. The van der Waals surface area contributed by atoms with Crippen LogP contribution < -0.4 is 21.3 Å². The molecule has 48 heavy (non-hydrogen) atoms. The average Bonchev–Trinajstić information content (AvgIpc) is 3.56. The number of benzene rings is 2. The number of nitrogens with one attached hydrogen (secondary N) is 4. The topological polar surface area (TPSA) is 183 Å². The number of carbonyl (C=O) groups is 3. The lowest BCUT2D eigenvalue weighted by atomic mass is 10.1. The third kappa shape index (κ3) is 12.4. The number of rotatable bonds is 18. The van der Waals surface area contributed by atoms with Gasteiger partial charge in [0.1, 0.15) is 18.1 Å². The van der Waals surface area contributed by atoms with Crippen molar-refractivity contribution in [2.45, 2.75) is 31.8 Å². The fourth-order valence-electron chi connectivity index (χ4n) is 4.19. The number of unbranched alkanes of at least 4 members (excludes halogenated alkanes) is 1. The number of hydrogen-bond acceptors (Lipinski definition) is 10. The maximum Gasteiger partial charge on any atom is 0.474 e. The van der Waals surface area contributed by atoms with Gasteiger partial charge in [-0.15, -0.1) is 0 Å². The molecule has 0 saturated heterocycles. The van der Waals surface area contributed by atoms with Gasteiger partial charge in [0.25, 0.3) is 0 Å². The number of halogens is 2. The lowest BCUT2D eigenvalue weighted by Gasteiger charge is -2.28. The smallest absolute Gasteiger partial charge is 0.447 e. The summed E-state index contributed by atoms with van der Waals surface area (Å²) >= 11 is 6.01. The fraction of sp³-hybridized carbons (Fsp3) is 0.400. The van der Waals surface area contributed by atoms with Gasteiger partial charge in [-0.3, -0.25) is 18.9 Å². The molecule has 0 bridgehead atoms. The van der Waals surface area contributed by atoms with Crippen LogP contribution in [-0.4, -0.2) is 81.8 Å². The van der Waals surface area contributed by atoms with Crippen molar-refractivity contribution in [2.75, 3.05) is 52.9 Å². The van der Waals surface area contributed by atoms with E-state index in [-0.39, 0.29) is 37.2 Å². The van der Waals surface area contributed by atoms with E-state index in [9.17, 15) is 23.3 Å². The minimum absolute atomic E-state index is 0.0262. The first kappa shape index (κ1) is 38.2. The summed E-state index contributed by atoms with van der Waals surface area (Å²) in [5.74, 6) is -0.522. The third-order valence-electron chi connectivity index (χ3n) is 6.88. The monoisotopic (exact) mass is 712 g/mol. The normalized spacial score (nSPS) is 11.8. The van der Waals surface area contributed by atoms with Gasteiger partial charge in [-0.25, -0.2) is 23.3 Å². The van der Waals surface area contributed by atoms with E-state index >= 15 is 0 Å². The van der Waals surface area contributed by atoms with Gasteiger partial charge in [-0.1, -0.05) is 59.2 Å². The van der Waals surface area contributed by atoms with Gasteiger partial charge in [0.2, 0.25) is 5.88 Å². The highest BCUT2D eigenvalue weighted by Crippen LogP contribution is 2.47. The number of hydrogen-bond donors (Lipinski definition) is 4. The van der Waals surface area contributed by atoms with Crippen molar-refractivity contribution in [1.82, 2.24) is 26.0 Å². The quantitative estimate of drug-likeness (QED) is 0.0932. The van der Waals surface area contributed by atoms with E-state index in [0.717, 1.165) is 5.56 Å². The Labute approximate surface area is 282 Å². The second-order valence-electron chi connectivity index (χ2n) is 10.1. The SMILES string of the molecule is COP(=O)(OC)OCCNC(=O)NCCCC[C@@H](COC(=O)Nc1cc(-c2ccccc2)no1)N(C)C(=O)NCc1cccc(F)c1Cl. The minimum atomic E-state index is -3.63. The molecule has 0 radical (unpaired) electrons. The number of carbonyl (C=O) groups excluding carboxylic acids is 3. The van der Waals surface area contributed by atoms with Crippen LogP contribution in [0.5, 0.6) is 0 Å². The maximum atomic E-state index is 13.8. The number of aromatic nitrogens is 1. The number of likely N-dealkylation sites (N-methyl/N-ethyl adjacent to an activating group) is 1. The summed E-state index contributed by atoms with van der Waals surface area (Å²) in [5, 5.41) is 14.3. The van der Waals surface area contributed by atoms with Crippen molar-refractivity contribution >= 4 is 43.5 Å². The summed E-state index contributed by atoms with van der Waals surface area (Å²) in [5.41, 5.74) is 1.73. The van der Waals surface area contributed by atoms with Crippen molar-refractivity contribution < 1.29 is 46.2 Å². The van der Waals surface area contributed by atoms with Gasteiger partial charge in [-0.2, -0.15) is 0 Å². The van der Waals surface area contributed by atoms with Gasteiger partial charge < -0.3 is 30.1 Å². The highest BCUT2D eigenvalue weighted by molar-refractivity contribution is 7.48. The molecule has 0 aliphatic rings. The van der Waals surface area contributed by atoms with Gasteiger partial charge in [0.05, 0.1) is 17.7 Å². The lowest BCUT2D eigenvalue weighted by molar-refractivity contribution is 0.112. The van der Waals surface area contributed by atoms with E-state index in [0.29, 0.717) is 37.1 Å². The molecule has 1 heterocycles. The lowest BCUT2D eigenvalue weighted by Crippen LogP contribution is -2.46. The molecule has 0 spiro atoms. The van der Waals surface area contributed by atoms with Crippen molar-refractivity contribution in [3.8, 4) is 11.3 Å². The molecule has 1 atom stereocenters. The number of nitrogens with zero attached hydrogens (tertiary/aromatic N) is 2. The molecule has 0 saturated carbocycles. The van der Waals surface area contributed by atoms with E-state index in [1.165, 1.54) is 38.3 Å². The summed E-state index contributed by atoms with van der Waals surface area (Å²) in [6.07, 6.45) is 0.661. The largest absolute Gasteiger partial charge is 0.474 e. The number of urea groups is 2. The molecule has 3 aromatic rings. The molecule has 0 aliphatic heterocycles. The molecule has 3 rings (SSSR count). The first-order valence-electron chi connectivity index (χ1n) is 14.8. The minimum Gasteiger partial charge on any atom is -0.447 e. The van der Waals surface area contributed by atoms with E-state index < -0.39 is 37.8 Å². The number of anilines is 1. The standard InChI is InChI=1S/C30H39ClFN6O9P/c1-38(29(40)35-19-22-12-9-14-24(32)27(22)31)23(13-7-8-15-33-28(39)34-16-17-46-48(42,43-2)44-3)20-45-30(41)36-26-18-25(37-47-26)21-10-5-4-6-11-21/h4-6,9-12,14,18,23H,7-8,13,15-17,19-20H2,1-3H3,(H,35,40)(H,36,41)(H2,33,34,39)/t23-/m0/s1. The molecule has 4 N–H and O–H groups in total. The molecule has 0 aliphatic carbocycles. The maximum absolute atomic E-state index is 13.8. The molecule has 5 amide bonds. The highest BCUT2D eigenvalue weighted by Gasteiger charge is 2.23. The molecule has 15 nitrogen and oxygen atoms in total. The van der Waals surface area contributed by atoms with Crippen LogP contribution in [-0.2, 0) is 29.4 Å². The number of amides is 5. The van der Waals surface area contributed by atoms with Crippen LogP contribution in [0.1, 0.15) is 24.8 Å². The van der Waals surface area contributed by atoms with Crippen LogP contribution in [0.2, 0.25) is 5.02 Å². The Bertz CT molecular complexity index is 1530. The van der Waals surface area contributed by atoms with Crippen molar-refractivity contribution in [2.24, 2.45) is 0 Å². The second kappa shape index (κ2) is 19.6. The van der Waals surface area contributed by atoms with Crippen LogP contribution in [0.15, 0.2) is 59.1 Å². The molecule has 2 aromatic carbocycles. The van der Waals surface area contributed by atoms with Crippen LogP contribution >= 0.6 is 19.4 Å². The zero-order chi connectivity index (χ0) is 34.9. The molecule has 1 aromatic heterocycles. The van der Waals surface area contributed by atoms with E-state index in [4.69, 9.17) is 25.4 Å². The zero-order valence-electron chi connectivity index (χ0n) is 26.7. The number of ether oxygens (including phenoxy) is 1. The van der Waals surface area contributed by atoms with E-state index in [1.54, 1.807) is 12.1 Å². The van der Waals surface area contributed by atoms with Gasteiger partial charge in [0, 0.05) is 52.5 Å². The Morgan fingerprint density at radius 3 is 2.48 bits per heavy atom. The Morgan fingerprint density at radius 1 is 1.02 bits per heavy atom. The predicted octanol–water partition coefficient (Wildman–Crippen LogP) is 5.78. The summed E-state index contributed by atoms with van der Waals surface area (Å²) in [7, 11) is 0.276. The third-order valence-corrected chi connectivity index (χ3v) is 8.69. The number of phosphoric acid groups is 1. The van der Waals surface area contributed by atoms with Gasteiger partial charge in [0.15, 0.2) is 0 Å². The summed E-state index contributed by atoms with van der Waals surface area (Å²) < 4.78 is 50.6. The first-order chi connectivity index (χ1) is 23.0. The van der Waals surface area contributed by atoms with E-state index in [2.05, 4.69) is 35.5 Å². The zero-order valence-corrected chi connectivity index (χ0v) is 28.4. The van der Waals surface area contributed by atoms with Crippen molar-refractivity contribution in [1.29, 1.82) is 0 Å². The van der Waals surface area contributed by atoms with Gasteiger partial charge in [-0.05, 0) is 30.9 Å². The molecule has 262 valence electrons. The predicted molar refractivity (Wildman–Crippen MR) is 175 cm³/mol. The molecule has 0 fully saturated rings. The van der Waals surface area contributed by atoms with Crippen molar-refractivity contribution in [3.63, 3.8) is 0 Å². The van der Waals surface area contributed by atoms with Crippen LogP contribution in [0, 0.1) is 5.82 Å². The molecule has 18 heteroatoms. The highest BCUT2D eigenvalue weighted by atomic mass is 35.5. The molecular weight excluding hydrogens is 674 g/mol. The average molecular weight is 713 g/mol. The first-order valence-corrected chi connectivity index (χ1v) is 16.7. The Hall–Kier alpha value is -4.21. The van der Waals surface area contributed by atoms with Crippen LogP contribution in [0.25, 0.3) is 11.3 Å². The van der Waals surface area contributed by atoms with Crippen LogP contribution in [0.3, 0.4) is 0 Å². The van der Waals surface area contributed by atoms with Gasteiger partial charge >= 0.3 is 26.0 Å². The Morgan fingerprint density at radius 2 is 1.75 bits per heavy atom. The van der Waals surface area contributed by atoms with E-state index in [1.807, 2.05) is 30.3 Å². The van der Waals surface area contributed by atoms with Crippen LogP contribution in [0.4, 0.5) is 24.7 Å². The summed E-state index contributed by atoms with van der Waals surface area (Å²) in [4.78, 5) is 39.1. The summed E-state index contributed by atoms with van der Waals surface area (Å²) in [6, 6.07) is 13.6. The second-order valence-corrected chi connectivity index (χ2v) is 12.4. The van der Waals surface area contributed by atoms with Crippen molar-refractivity contribution in [3.05, 3.63) is 71.0 Å². The Kier molecular flexibility index (Phi) is 15.6. The fourth-order valence-corrected chi connectivity index (χ4v) is 5.06. The number of phosphoric ester groups is 1. The molecule has 0 unspecified atom stereocenters. The Balaban J connectivity index is 1.50. The molecular formula is C30H39ClFN6O9P.